The minimum Gasteiger partial charge on any atom is -0.465 e. The first kappa shape index (κ1) is 12.4. The normalized spacial score (nSPS) is 17.9. The van der Waals surface area contributed by atoms with E-state index < -0.39 is 0 Å². The molecule has 0 atom stereocenters. The summed E-state index contributed by atoms with van der Waals surface area (Å²) in [6.07, 6.45) is 3.66. The summed E-state index contributed by atoms with van der Waals surface area (Å²) in [4.78, 5) is 13.4. The summed E-state index contributed by atoms with van der Waals surface area (Å²) in [5, 5.41) is 0. The molecule has 1 heterocycles. The lowest BCUT2D eigenvalue weighted by molar-refractivity contribution is -0.121. The predicted octanol–water partition coefficient (Wildman–Crippen LogP) is 2.78. The first-order valence-corrected chi connectivity index (χ1v) is 6.39. The summed E-state index contributed by atoms with van der Waals surface area (Å²) in [5.74, 6) is 3.10. The third kappa shape index (κ3) is 3.70. The van der Waals surface area contributed by atoms with Gasteiger partial charge in [-0.3, -0.25) is 9.69 Å². The van der Waals surface area contributed by atoms with Crippen molar-refractivity contribution in [3.63, 3.8) is 0 Å². The highest BCUT2D eigenvalue weighted by Crippen LogP contribution is 2.22. The molecule has 0 saturated heterocycles. The van der Waals surface area contributed by atoms with Gasteiger partial charge in [0.2, 0.25) is 0 Å². The second-order valence-electron chi connectivity index (χ2n) is 5.19. The van der Waals surface area contributed by atoms with Crippen LogP contribution in [0.25, 0.3) is 0 Å². The van der Waals surface area contributed by atoms with Crippen LogP contribution in [-0.2, 0) is 11.3 Å². The third-order valence-electron chi connectivity index (χ3n) is 3.45. The first-order valence-electron chi connectivity index (χ1n) is 6.39. The molecule has 0 aliphatic heterocycles. The van der Waals surface area contributed by atoms with E-state index in [4.69, 9.17) is 4.42 Å². The van der Waals surface area contributed by atoms with Gasteiger partial charge in [0, 0.05) is 19.4 Å². The van der Waals surface area contributed by atoms with E-state index in [2.05, 4.69) is 11.9 Å². The van der Waals surface area contributed by atoms with Gasteiger partial charge in [0.25, 0.3) is 0 Å². The van der Waals surface area contributed by atoms with Crippen molar-refractivity contribution in [2.24, 2.45) is 5.92 Å². The zero-order valence-electron chi connectivity index (χ0n) is 10.7. The Morgan fingerprint density at radius 3 is 2.65 bits per heavy atom. The first-order chi connectivity index (χ1) is 8.13. The van der Waals surface area contributed by atoms with Crippen molar-refractivity contribution < 1.29 is 9.21 Å². The van der Waals surface area contributed by atoms with Gasteiger partial charge in [-0.25, -0.2) is 0 Å². The highest BCUT2D eigenvalue weighted by atomic mass is 16.3. The molecule has 0 amide bonds. The van der Waals surface area contributed by atoms with E-state index in [9.17, 15) is 4.79 Å². The molecule has 0 bridgehead atoms. The highest BCUT2D eigenvalue weighted by Gasteiger charge is 2.20. The number of nitrogens with zero attached hydrogens (tertiary/aromatic N) is 1. The molecule has 1 saturated carbocycles. The average Bonchev–Trinajstić information content (AvgIpc) is 2.67. The van der Waals surface area contributed by atoms with E-state index in [1.54, 1.807) is 0 Å². The molecule has 1 aliphatic rings. The molecule has 3 nitrogen and oxygen atoms in total. The van der Waals surface area contributed by atoms with Crippen LogP contribution < -0.4 is 0 Å². The van der Waals surface area contributed by atoms with Crippen LogP contribution in [0, 0.1) is 12.8 Å². The van der Waals surface area contributed by atoms with Crippen LogP contribution in [0.15, 0.2) is 16.5 Å². The number of hydrogen-bond donors (Lipinski definition) is 0. The Morgan fingerprint density at radius 1 is 1.35 bits per heavy atom. The SMILES string of the molecule is Cc1ccc(CN(C)CC2CCC(=O)CC2)o1. The van der Waals surface area contributed by atoms with Crippen LogP contribution in [0.1, 0.15) is 37.2 Å². The minimum atomic E-state index is 0.436. The molecule has 17 heavy (non-hydrogen) atoms. The fourth-order valence-electron chi connectivity index (χ4n) is 2.52. The zero-order valence-corrected chi connectivity index (χ0v) is 10.7. The van der Waals surface area contributed by atoms with Crippen molar-refractivity contribution in [2.45, 2.75) is 39.2 Å². The predicted molar refractivity (Wildman–Crippen MR) is 66.7 cm³/mol. The van der Waals surface area contributed by atoms with Crippen molar-refractivity contribution in [3.05, 3.63) is 23.7 Å². The van der Waals surface area contributed by atoms with Crippen LogP contribution in [0.2, 0.25) is 0 Å². The Morgan fingerprint density at radius 2 is 2.06 bits per heavy atom. The number of Topliss-reactive ketones (excluding diaryl/α,β-unsaturated/α-hetero) is 1. The monoisotopic (exact) mass is 235 g/mol. The van der Waals surface area contributed by atoms with Gasteiger partial charge in [-0.15, -0.1) is 0 Å². The standard InChI is InChI=1S/C14H21NO2/c1-11-3-8-14(17-11)10-15(2)9-12-4-6-13(16)7-5-12/h3,8,12H,4-7,9-10H2,1-2H3. The molecule has 2 rings (SSSR count). The van der Waals surface area contributed by atoms with Crippen LogP contribution >= 0.6 is 0 Å². The van der Waals surface area contributed by atoms with E-state index in [0.29, 0.717) is 11.7 Å². The minimum absolute atomic E-state index is 0.436. The van der Waals surface area contributed by atoms with Crippen LogP contribution in [0.3, 0.4) is 0 Å². The quantitative estimate of drug-likeness (QED) is 0.804. The molecule has 0 radical (unpaired) electrons. The van der Waals surface area contributed by atoms with Gasteiger partial charge in [-0.1, -0.05) is 0 Å². The van der Waals surface area contributed by atoms with Gasteiger partial charge >= 0.3 is 0 Å². The van der Waals surface area contributed by atoms with E-state index in [0.717, 1.165) is 50.3 Å². The number of aryl methyl sites for hydroxylation is 1. The van der Waals surface area contributed by atoms with E-state index >= 15 is 0 Å². The summed E-state index contributed by atoms with van der Waals surface area (Å²) >= 11 is 0. The van der Waals surface area contributed by atoms with Crippen molar-refractivity contribution >= 4 is 5.78 Å². The molecule has 1 aromatic rings. The fraction of sp³-hybridized carbons (Fsp3) is 0.643. The number of carbonyl (C=O) groups excluding carboxylic acids is 1. The van der Waals surface area contributed by atoms with Crippen molar-refractivity contribution in [1.82, 2.24) is 4.90 Å². The lowest BCUT2D eigenvalue weighted by Gasteiger charge is -2.25. The van der Waals surface area contributed by atoms with Gasteiger partial charge in [-0.05, 0) is 44.9 Å². The molecule has 3 heteroatoms. The number of carbonyl (C=O) groups is 1. The van der Waals surface area contributed by atoms with Crippen molar-refractivity contribution in [3.8, 4) is 0 Å². The van der Waals surface area contributed by atoms with E-state index in [1.165, 1.54) is 0 Å². The molecule has 0 N–H and O–H groups in total. The van der Waals surface area contributed by atoms with Crippen LogP contribution in [-0.4, -0.2) is 24.3 Å². The zero-order chi connectivity index (χ0) is 12.3. The van der Waals surface area contributed by atoms with Gasteiger partial charge in [-0.2, -0.15) is 0 Å². The molecule has 1 aliphatic carbocycles. The number of hydrogen-bond acceptors (Lipinski definition) is 3. The molecule has 1 fully saturated rings. The molecule has 0 unspecified atom stereocenters. The number of rotatable bonds is 4. The van der Waals surface area contributed by atoms with Crippen LogP contribution in [0.4, 0.5) is 0 Å². The lowest BCUT2D eigenvalue weighted by atomic mass is 9.88. The summed E-state index contributed by atoms with van der Waals surface area (Å²) in [5.41, 5.74) is 0. The maximum atomic E-state index is 11.2. The highest BCUT2D eigenvalue weighted by molar-refractivity contribution is 5.79. The number of furan rings is 1. The molecular weight excluding hydrogens is 214 g/mol. The maximum Gasteiger partial charge on any atom is 0.132 e. The Bertz CT molecular complexity index is 373. The Kier molecular flexibility index (Phi) is 4.00. The summed E-state index contributed by atoms with van der Waals surface area (Å²) < 4.78 is 5.56. The number of ketones is 1. The Labute approximate surface area is 103 Å². The smallest absolute Gasteiger partial charge is 0.132 e. The molecule has 1 aromatic heterocycles. The third-order valence-corrected chi connectivity index (χ3v) is 3.45. The van der Waals surface area contributed by atoms with Crippen molar-refractivity contribution in [2.75, 3.05) is 13.6 Å². The maximum absolute atomic E-state index is 11.2. The molecule has 0 aromatic carbocycles. The second-order valence-corrected chi connectivity index (χ2v) is 5.19. The van der Waals surface area contributed by atoms with Gasteiger partial charge < -0.3 is 4.42 Å². The molecule has 94 valence electrons. The average molecular weight is 235 g/mol. The van der Waals surface area contributed by atoms with Gasteiger partial charge in [0.15, 0.2) is 0 Å². The van der Waals surface area contributed by atoms with Gasteiger partial charge in [0.05, 0.1) is 6.54 Å². The van der Waals surface area contributed by atoms with E-state index in [-0.39, 0.29) is 0 Å². The van der Waals surface area contributed by atoms with Gasteiger partial charge in [0.1, 0.15) is 17.3 Å². The molecular formula is C14H21NO2. The second kappa shape index (κ2) is 5.50. The Hall–Kier alpha value is -1.09. The van der Waals surface area contributed by atoms with E-state index in [1.807, 2.05) is 19.1 Å². The summed E-state index contributed by atoms with van der Waals surface area (Å²) in [7, 11) is 2.12. The van der Waals surface area contributed by atoms with Crippen LogP contribution in [0.5, 0.6) is 0 Å². The van der Waals surface area contributed by atoms with Crippen molar-refractivity contribution in [1.29, 1.82) is 0 Å². The summed E-state index contributed by atoms with van der Waals surface area (Å²) in [6.45, 7) is 3.89. The summed E-state index contributed by atoms with van der Waals surface area (Å²) in [6, 6.07) is 4.04. The topological polar surface area (TPSA) is 33.5 Å². The largest absolute Gasteiger partial charge is 0.465 e. The Balaban J connectivity index is 1.77. The fourth-order valence-corrected chi connectivity index (χ4v) is 2.52. The lowest BCUT2D eigenvalue weighted by Crippen LogP contribution is -2.28. The molecule has 0 spiro atoms.